The molecule has 2 atom stereocenters. The first kappa shape index (κ1) is 15.7. The molecule has 0 unspecified atom stereocenters. The van der Waals surface area contributed by atoms with Crippen molar-refractivity contribution in [3.8, 4) is 0 Å². The van der Waals surface area contributed by atoms with E-state index in [1.807, 2.05) is 0 Å². The molecule has 2 heterocycles. The maximum atomic E-state index is 12.3. The Morgan fingerprint density at radius 2 is 1.81 bits per heavy atom. The van der Waals surface area contributed by atoms with Crippen LogP contribution in [-0.4, -0.2) is 34.0 Å². The molecule has 0 aliphatic carbocycles. The smallest absolute Gasteiger partial charge is 0.324 e. The molecule has 8 heteroatoms. The lowest BCUT2D eigenvalue weighted by Crippen LogP contribution is -2.37. The average molecular weight is 313 g/mol. The van der Waals surface area contributed by atoms with Gasteiger partial charge in [0.15, 0.2) is 16.1 Å². The number of hydrogen-bond donors (Lipinski definition) is 2. The van der Waals surface area contributed by atoms with Gasteiger partial charge in [0, 0.05) is 12.8 Å². The van der Waals surface area contributed by atoms with E-state index in [0.717, 1.165) is 0 Å². The molecule has 2 aliphatic rings. The molecule has 0 aromatic carbocycles. The van der Waals surface area contributed by atoms with Crippen molar-refractivity contribution in [2.75, 3.05) is 0 Å². The fourth-order valence-electron chi connectivity index (χ4n) is 2.92. The summed E-state index contributed by atoms with van der Waals surface area (Å²) in [4.78, 5) is 24.5. The first-order valence-electron chi connectivity index (χ1n) is 6.58. The molecule has 0 amide bonds. The quantitative estimate of drug-likeness (QED) is 0.253. The second-order valence-corrected chi connectivity index (χ2v) is 6.82. The summed E-state index contributed by atoms with van der Waals surface area (Å²) in [6.07, 6.45) is 0.485. The molecule has 2 saturated heterocycles. The van der Waals surface area contributed by atoms with Crippen LogP contribution in [0.5, 0.6) is 0 Å². The molecule has 7 nitrogen and oxygen atoms in total. The Labute approximate surface area is 128 Å². The van der Waals surface area contributed by atoms with Crippen LogP contribution in [0.4, 0.5) is 0 Å². The van der Waals surface area contributed by atoms with Gasteiger partial charge in [-0.25, -0.2) is 0 Å². The van der Waals surface area contributed by atoms with Gasteiger partial charge in [-0.3, -0.25) is 15.0 Å². The fourth-order valence-corrected chi connectivity index (χ4v) is 2.96. The number of carbonyl (C=O) groups excluding carboxylic acids is 2. The molecule has 0 aromatic rings. The third kappa shape index (κ3) is 2.59. The van der Waals surface area contributed by atoms with Crippen molar-refractivity contribution in [3.05, 3.63) is 0 Å². The van der Waals surface area contributed by atoms with E-state index in [-0.39, 0.29) is 11.5 Å². The monoisotopic (exact) mass is 313 g/mol. The van der Waals surface area contributed by atoms with Crippen LogP contribution in [0.3, 0.4) is 0 Å². The zero-order valence-corrected chi connectivity index (χ0v) is 13.3. The van der Waals surface area contributed by atoms with E-state index in [9.17, 15) is 9.59 Å². The topological polar surface area (TPSA) is 103 Å². The lowest BCUT2D eigenvalue weighted by molar-refractivity contribution is -0.160. The van der Waals surface area contributed by atoms with E-state index in [1.54, 1.807) is 27.7 Å². The third-order valence-electron chi connectivity index (χ3n) is 3.93. The first-order valence-corrected chi connectivity index (χ1v) is 6.99. The second kappa shape index (κ2) is 4.66. The van der Waals surface area contributed by atoms with E-state index in [4.69, 9.17) is 15.2 Å². The number of thiocarbonyl (C=S) groups is 1. The van der Waals surface area contributed by atoms with Crippen LogP contribution >= 0.6 is 12.2 Å². The minimum absolute atomic E-state index is 0.0124. The van der Waals surface area contributed by atoms with Crippen molar-refractivity contribution < 1.29 is 19.1 Å². The van der Waals surface area contributed by atoms with Crippen molar-refractivity contribution in [2.24, 2.45) is 16.3 Å². The normalized spacial score (nSPS) is 34.8. The van der Waals surface area contributed by atoms with Crippen molar-refractivity contribution in [1.29, 1.82) is 0 Å². The Hall–Kier alpha value is -1.70. The third-order valence-corrected chi connectivity index (χ3v) is 4.03. The molecule has 2 aliphatic heterocycles. The number of nitrogens with two attached hydrogens (primary N) is 1. The van der Waals surface area contributed by atoms with Gasteiger partial charge in [0.1, 0.15) is 5.60 Å². The Balaban J connectivity index is 2.29. The summed E-state index contributed by atoms with van der Waals surface area (Å²) in [6.45, 7) is 6.94. The van der Waals surface area contributed by atoms with Crippen LogP contribution in [0.25, 0.3) is 0 Å². The van der Waals surface area contributed by atoms with Crippen molar-refractivity contribution in [3.63, 3.8) is 0 Å². The van der Waals surface area contributed by atoms with Crippen LogP contribution in [0.2, 0.25) is 0 Å². The highest BCUT2D eigenvalue weighted by Gasteiger charge is 2.67. The molecule has 0 saturated carbocycles. The van der Waals surface area contributed by atoms with E-state index in [1.165, 1.54) is 0 Å². The highest BCUT2D eigenvalue weighted by Crippen LogP contribution is 2.51. The summed E-state index contributed by atoms with van der Waals surface area (Å²) in [5, 5.41) is 4.01. The summed E-state index contributed by atoms with van der Waals surface area (Å²) in [5.41, 5.74) is 5.34. The maximum absolute atomic E-state index is 12.3. The Morgan fingerprint density at radius 3 is 2.29 bits per heavy atom. The number of nitrogens with zero attached hydrogens (tertiary/aromatic N) is 1. The van der Waals surface area contributed by atoms with E-state index in [2.05, 4.69) is 22.7 Å². The van der Waals surface area contributed by atoms with Crippen molar-refractivity contribution in [1.82, 2.24) is 5.43 Å². The lowest BCUT2D eigenvalue weighted by Gasteiger charge is -2.22. The summed E-state index contributed by atoms with van der Waals surface area (Å²) < 4.78 is 10.7. The van der Waals surface area contributed by atoms with E-state index < -0.39 is 28.6 Å². The van der Waals surface area contributed by atoms with Crippen molar-refractivity contribution in [2.45, 2.75) is 51.7 Å². The highest BCUT2D eigenvalue weighted by molar-refractivity contribution is 7.80. The minimum atomic E-state index is -1.25. The molecular weight excluding hydrogens is 294 g/mol. The Morgan fingerprint density at radius 1 is 1.24 bits per heavy atom. The largest absolute Gasteiger partial charge is 0.459 e. The van der Waals surface area contributed by atoms with Gasteiger partial charge < -0.3 is 15.2 Å². The molecule has 0 radical (unpaired) electrons. The van der Waals surface area contributed by atoms with E-state index >= 15 is 0 Å². The predicted octanol–water partition coefficient (Wildman–Crippen LogP) is 0.613. The zero-order valence-electron chi connectivity index (χ0n) is 12.5. The number of hydrogen-bond acceptors (Lipinski definition) is 6. The van der Waals surface area contributed by atoms with E-state index in [0.29, 0.717) is 12.1 Å². The number of carbonyl (C=O) groups is 2. The van der Waals surface area contributed by atoms with Gasteiger partial charge in [0.05, 0.1) is 5.71 Å². The Bertz CT molecular complexity index is 560. The van der Waals surface area contributed by atoms with Crippen LogP contribution < -0.4 is 11.2 Å². The highest BCUT2D eigenvalue weighted by atomic mass is 32.1. The number of esters is 2. The molecule has 0 aromatic heterocycles. The molecule has 1 spiro atoms. The van der Waals surface area contributed by atoms with Gasteiger partial charge in [-0.1, -0.05) is 0 Å². The summed E-state index contributed by atoms with van der Waals surface area (Å²) >= 11 is 4.68. The van der Waals surface area contributed by atoms with Gasteiger partial charge >= 0.3 is 11.9 Å². The second-order valence-electron chi connectivity index (χ2n) is 6.38. The minimum Gasteiger partial charge on any atom is -0.459 e. The van der Waals surface area contributed by atoms with Crippen LogP contribution in [0.15, 0.2) is 5.10 Å². The average Bonchev–Trinajstić information content (AvgIpc) is 2.71. The SMILES string of the molecule is C/C(=N/NC(N)=S)[C@@]1(C)C[C@@]2(CC(C)(C)OC2=O)C(=O)O1. The molecule has 0 bridgehead atoms. The van der Waals surface area contributed by atoms with Crippen LogP contribution in [-0.2, 0) is 19.1 Å². The zero-order chi connectivity index (χ0) is 16.1. The summed E-state index contributed by atoms with van der Waals surface area (Å²) in [7, 11) is 0. The van der Waals surface area contributed by atoms with Gasteiger partial charge in [-0.05, 0) is 39.9 Å². The van der Waals surface area contributed by atoms with Gasteiger partial charge in [0.2, 0.25) is 0 Å². The van der Waals surface area contributed by atoms with Gasteiger partial charge in [0.25, 0.3) is 0 Å². The number of nitrogens with one attached hydrogen (secondary N) is 1. The first-order chi connectivity index (χ1) is 9.51. The molecule has 3 N–H and O–H groups in total. The van der Waals surface area contributed by atoms with Crippen LogP contribution in [0.1, 0.15) is 40.5 Å². The summed E-state index contributed by atoms with van der Waals surface area (Å²) in [6, 6.07) is 0. The lowest BCUT2D eigenvalue weighted by atomic mass is 9.75. The molecule has 21 heavy (non-hydrogen) atoms. The standard InChI is InChI=1S/C13H19N3O4S/c1-7(15-16-10(14)21)12(4)6-13(9(18)20-12)5-11(2,3)19-8(13)17/h5-6H2,1-4H3,(H3,14,16,21)/b15-7-/t12-,13-/m1/s1. The molecule has 116 valence electrons. The van der Waals surface area contributed by atoms with Gasteiger partial charge in [-0.2, -0.15) is 5.10 Å². The number of hydrazone groups is 1. The number of ether oxygens (including phenoxy) is 2. The fraction of sp³-hybridized carbons (Fsp3) is 0.692. The molecule has 2 fully saturated rings. The number of cyclic esters (lactones) is 2. The van der Waals surface area contributed by atoms with Gasteiger partial charge in [-0.15, -0.1) is 0 Å². The van der Waals surface area contributed by atoms with Crippen molar-refractivity contribution >= 4 is 35.0 Å². The predicted molar refractivity (Wildman–Crippen MR) is 79.4 cm³/mol. The Kier molecular flexibility index (Phi) is 3.48. The maximum Gasteiger partial charge on any atom is 0.324 e. The van der Waals surface area contributed by atoms with Crippen LogP contribution in [0, 0.1) is 5.41 Å². The summed E-state index contributed by atoms with van der Waals surface area (Å²) in [5.74, 6) is -1.10. The molecular formula is C13H19N3O4S. The number of rotatable bonds is 2. The molecule has 2 rings (SSSR count).